The van der Waals surface area contributed by atoms with E-state index < -0.39 is 11.8 Å². The van der Waals surface area contributed by atoms with Gasteiger partial charge in [0.05, 0.1) is 9.90 Å². The van der Waals surface area contributed by atoms with Gasteiger partial charge in [0.1, 0.15) is 5.82 Å². The molecule has 2 rings (SSSR count). The molecule has 1 heterocycles. The van der Waals surface area contributed by atoms with Gasteiger partial charge in [-0.05, 0) is 36.8 Å². The fourth-order valence-electron chi connectivity index (χ4n) is 1.77. The van der Waals surface area contributed by atoms with Crippen molar-refractivity contribution in [2.45, 2.75) is 19.5 Å². The van der Waals surface area contributed by atoms with Gasteiger partial charge in [0.25, 0.3) is 0 Å². The summed E-state index contributed by atoms with van der Waals surface area (Å²) in [5, 5.41) is 12.0. The van der Waals surface area contributed by atoms with Crippen LogP contribution < -0.4 is 5.32 Å². The third-order valence-corrected chi connectivity index (χ3v) is 4.31. The molecule has 0 spiro atoms. The molecule has 0 amide bonds. The monoisotopic (exact) mass is 313 g/mol. The van der Waals surface area contributed by atoms with E-state index in [1.807, 2.05) is 19.1 Å². The summed E-state index contributed by atoms with van der Waals surface area (Å²) in [6, 6.07) is 7.99. The number of hydrogen-bond acceptors (Lipinski definition) is 3. The molecule has 0 radical (unpaired) electrons. The molecule has 3 nitrogen and oxygen atoms in total. The van der Waals surface area contributed by atoms with Crippen LogP contribution in [0.1, 0.15) is 33.8 Å². The molecule has 0 saturated heterocycles. The number of halogens is 2. The second-order valence-corrected chi connectivity index (χ2v) is 6.11. The zero-order valence-corrected chi connectivity index (χ0v) is 12.3. The fraction of sp³-hybridized carbons (Fsp3) is 0.214. The van der Waals surface area contributed by atoms with Crippen molar-refractivity contribution in [1.82, 2.24) is 5.32 Å². The second kappa shape index (κ2) is 6.35. The molecule has 0 aliphatic heterocycles. The molecular weight excluding hydrogens is 301 g/mol. The van der Waals surface area contributed by atoms with Crippen molar-refractivity contribution in [2.24, 2.45) is 0 Å². The Morgan fingerprint density at radius 3 is 2.75 bits per heavy atom. The first-order valence-corrected chi connectivity index (χ1v) is 7.17. The van der Waals surface area contributed by atoms with Crippen molar-refractivity contribution < 1.29 is 14.3 Å². The molecule has 1 aromatic carbocycles. The zero-order valence-electron chi connectivity index (χ0n) is 10.7. The first-order valence-electron chi connectivity index (χ1n) is 5.97. The highest BCUT2D eigenvalue weighted by Gasteiger charge is 2.11. The molecule has 0 aliphatic rings. The van der Waals surface area contributed by atoms with Gasteiger partial charge in [-0.3, -0.25) is 0 Å². The normalized spacial score (nSPS) is 12.3. The quantitative estimate of drug-likeness (QED) is 0.874. The number of thiophene rings is 1. The summed E-state index contributed by atoms with van der Waals surface area (Å²) < 4.78 is 14.3. The van der Waals surface area contributed by atoms with Crippen LogP contribution in [0.15, 0.2) is 30.3 Å². The highest BCUT2D eigenvalue weighted by atomic mass is 35.5. The Bertz CT molecular complexity index is 629. The summed E-state index contributed by atoms with van der Waals surface area (Å²) in [4.78, 5) is 11.8. The van der Waals surface area contributed by atoms with E-state index in [2.05, 4.69) is 5.32 Å². The number of carbonyl (C=O) groups is 1. The molecule has 106 valence electrons. The van der Waals surface area contributed by atoms with Crippen LogP contribution >= 0.6 is 22.9 Å². The van der Waals surface area contributed by atoms with E-state index in [0.717, 1.165) is 9.21 Å². The number of hydrogen-bond donors (Lipinski definition) is 2. The van der Waals surface area contributed by atoms with E-state index >= 15 is 0 Å². The van der Waals surface area contributed by atoms with Gasteiger partial charge in [-0.15, -0.1) is 11.3 Å². The average Bonchev–Trinajstić information content (AvgIpc) is 2.82. The largest absolute Gasteiger partial charge is 0.478 e. The Kier molecular flexibility index (Phi) is 4.75. The van der Waals surface area contributed by atoms with Crippen LogP contribution in [0.4, 0.5) is 4.39 Å². The van der Waals surface area contributed by atoms with Crippen LogP contribution in [0, 0.1) is 5.82 Å². The lowest BCUT2D eigenvalue weighted by Gasteiger charge is -2.12. The Morgan fingerprint density at radius 1 is 1.45 bits per heavy atom. The van der Waals surface area contributed by atoms with Crippen molar-refractivity contribution in [1.29, 1.82) is 0 Å². The minimum atomic E-state index is -1.26. The Hall–Kier alpha value is -1.43. The SMILES string of the molecule is CC(NCc1ccc(C(=O)O)c(F)c1)c1ccc(Cl)s1. The van der Waals surface area contributed by atoms with Gasteiger partial charge in [-0.25, -0.2) is 9.18 Å². The first kappa shape index (κ1) is 15.0. The maximum absolute atomic E-state index is 13.5. The van der Waals surface area contributed by atoms with Crippen LogP contribution in [0.2, 0.25) is 4.34 Å². The molecule has 0 aliphatic carbocycles. The van der Waals surface area contributed by atoms with Crippen LogP contribution in [0.5, 0.6) is 0 Å². The standard InChI is InChI=1S/C14H13ClFNO2S/c1-8(12-4-5-13(15)20-12)17-7-9-2-3-10(14(18)19)11(16)6-9/h2-6,8,17H,7H2,1H3,(H,18,19). The zero-order chi connectivity index (χ0) is 14.7. The molecule has 20 heavy (non-hydrogen) atoms. The van der Waals surface area contributed by atoms with Gasteiger partial charge < -0.3 is 10.4 Å². The second-order valence-electron chi connectivity index (χ2n) is 4.36. The highest BCUT2D eigenvalue weighted by Crippen LogP contribution is 2.26. The van der Waals surface area contributed by atoms with E-state index in [1.165, 1.54) is 23.5 Å². The lowest BCUT2D eigenvalue weighted by Crippen LogP contribution is -2.17. The lowest BCUT2D eigenvalue weighted by molar-refractivity contribution is 0.0692. The van der Waals surface area contributed by atoms with E-state index in [9.17, 15) is 9.18 Å². The molecule has 0 bridgehead atoms. The van der Waals surface area contributed by atoms with Crippen molar-refractivity contribution in [3.05, 3.63) is 56.5 Å². The van der Waals surface area contributed by atoms with Crippen molar-refractivity contribution in [3.8, 4) is 0 Å². The van der Waals surface area contributed by atoms with E-state index in [-0.39, 0.29) is 11.6 Å². The number of nitrogens with one attached hydrogen (secondary N) is 1. The number of benzene rings is 1. The predicted octanol–water partition coefficient (Wildman–Crippen LogP) is 4.09. The molecule has 2 aromatic rings. The van der Waals surface area contributed by atoms with Gasteiger partial charge in [0, 0.05) is 17.5 Å². The molecule has 2 N–H and O–H groups in total. The number of carboxylic acid groups (broad SMARTS) is 1. The highest BCUT2D eigenvalue weighted by molar-refractivity contribution is 7.16. The number of rotatable bonds is 5. The predicted molar refractivity (Wildman–Crippen MR) is 77.9 cm³/mol. The van der Waals surface area contributed by atoms with Gasteiger partial charge in [-0.2, -0.15) is 0 Å². The smallest absolute Gasteiger partial charge is 0.338 e. The molecule has 0 saturated carbocycles. The Labute approximate surface area is 125 Å². The van der Waals surface area contributed by atoms with Crippen molar-refractivity contribution in [3.63, 3.8) is 0 Å². The van der Waals surface area contributed by atoms with Crippen molar-refractivity contribution >= 4 is 28.9 Å². The van der Waals surface area contributed by atoms with Crippen LogP contribution in [0.25, 0.3) is 0 Å². The molecule has 0 fully saturated rings. The molecule has 6 heteroatoms. The van der Waals surface area contributed by atoms with Gasteiger partial charge in [-0.1, -0.05) is 17.7 Å². The van der Waals surface area contributed by atoms with E-state index in [0.29, 0.717) is 12.1 Å². The minimum Gasteiger partial charge on any atom is -0.478 e. The summed E-state index contributed by atoms with van der Waals surface area (Å²) in [7, 11) is 0. The maximum atomic E-state index is 13.5. The molecule has 1 aromatic heterocycles. The lowest BCUT2D eigenvalue weighted by atomic mass is 10.1. The summed E-state index contributed by atoms with van der Waals surface area (Å²) in [5.74, 6) is -1.98. The molecular formula is C14H13ClFNO2S. The van der Waals surface area contributed by atoms with Gasteiger partial charge >= 0.3 is 5.97 Å². The van der Waals surface area contributed by atoms with E-state index in [1.54, 1.807) is 6.07 Å². The van der Waals surface area contributed by atoms with Crippen LogP contribution in [-0.4, -0.2) is 11.1 Å². The van der Waals surface area contributed by atoms with E-state index in [4.69, 9.17) is 16.7 Å². The minimum absolute atomic E-state index is 0.0923. The Balaban J connectivity index is 2.00. The van der Waals surface area contributed by atoms with Crippen LogP contribution in [0.3, 0.4) is 0 Å². The summed E-state index contributed by atoms with van der Waals surface area (Å²) >= 11 is 7.37. The summed E-state index contributed by atoms with van der Waals surface area (Å²) in [5.41, 5.74) is 0.383. The average molecular weight is 314 g/mol. The van der Waals surface area contributed by atoms with Gasteiger partial charge in [0.2, 0.25) is 0 Å². The van der Waals surface area contributed by atoms with Crippen LogP contribution in [-0.2, 0) is 6.54 Å². The number of carboxylic acids is 1. The van der Waals surface area contributed by atoms with Crippen molar-refractivity contribution in [2.75, 3.05) is 0 Å². The summed E-state index contributed by atoms with van der Waals surface area (Å²) in [6.07, 6.45) is 0. The maximum Gasteiger partial charge on any atom is 0.338 e. The number of aromatic carboxylic acids is 1. The topological polar surface area (TPSA) is 49.3 Å². The molecule has 1 unspecified atom stereocenters. The Morgan fingerprint density at radius 2 is 2.20 bits per heavy atom. The first-order chi connectivity index (χ1) is 9.47. The third-order valence-electron chi connectivity index (χ3n) is 2.90. The molecule has 1 atom stereocenters. The fourth-order valence-corrected chi connectivity index (χ4v) is 2.86. The third kappa shape index (κ3) is 3.56. The van der Waals surface area contributed by atoms with Gasteiger partial charge in [0.15, 0.2) is 0 Å². The summed E-state index contributed by atoms with van der Waals surface area (Å²) in [6.45, 7) is 2.44.